The van der Waals surface area contributed by atoms with Crippen molar-refractivity contribution < 1.29 is 9.53 Å². The average Bonchev–Trinajstić information content (AvgIpc) is 3.10. The van der Waals surface area contributed by atoms with E-state index in [0.29, 0.717) is 18.3 Å². The third kappa shape index (κ3) is 5.83. The van der Waals surface area contributed by atoms with Crippen LogP contribution in [0.15, 0.2) is 52.1 Å². The van der Waals surface area contributed by atoms with Gasteiger partial charge in [-0.05, 0) is 56.7 Å². The number of benzene rings is 2. The minimum Gasteiger partial charge on any atom is -0.486 e. The number of hydrogen-bond acceptors (Lipinski definition) is 5. The SMILES string of the molecule is CCn1c(COc2ccc(C)cc2)nnc1SCC(=O)Nc1ccc(Br)c(C)c1. The summed E-state index contributed by atoms with van der Waals surface area (Å²) in [4.78, 5) is 12.3. The van der Waals surface area contributed by atoms with Gasteiger partial charge in [-0.15, -0.1) is 10.2 Å². The van der Waals surface area contributed by atoms with E-state index in [-0.39, 0.29) is 11.7 Å². The van der Waals surface area contributed by atoms with Gasteiger partial charge in [0.25, 0.3) is 0 Å². The Bertz CT molecular complexity index is 989. The first-order valence-electron chi connectivity index (χ1n) is 9.26. The Morgan fingerprint density at radius 3 is 2.62 bits per heavy atom. The van der Waals surface area contributed by atoms with Crippen LogP contribution >= 0.6 is 27.7 Å². The molecule has 0 saturated carbocycles. The summed E-state index contributed by atoms with van der Waals surface area (Å²) < 4.78 is 8.80. The summed E-state index contributed by atoms with van der Waals surface area (Å²) >= 11 is 4.82. The van der Waals surface area contributed by atoms with Gasteiger partial charge in [-0.25, -0.2) is 0 Å². The topological polar surface area (TPSA) is 69.0 Å². The molecule has 0 saturated heterocycles. The molecule has 8 heteroatoms. The first kappa shape index (κ1) is 21.4. The van der Waals surface area contributed by atoms with Gasteiger partial charge in [0.05, 0.1) is 5.75 Å². The maximum Gasteiger partial charge on any atom is 0.234 e. The van der Waals surface area contributed by atoms with Crippen LogP contribution in [0.3, 0.4) is 0 Å². The zero-order valence-electron chi connectivity index (χ0n) is 16.6. The van der Waals surface area contributed by atoms with Gasteiger partial charge < -0.3 is 14.6 Å². The fourth-order valence-corrected chi connectivity index (χ4v) is 3.75. The second-order valence-electron chi connectivity index (χ2n) is 6.55. The Balaban J connectivity index is 1.57. The van der Waals surface area contributed by atoms with Crippen LogP contribution in [0.5, 0.6) is 5.75 Å². The Morgan fingerprint density at radius 1 is 1.17 bits per heavy atom. The van der Waals surface area contributed by atoms with Crippen molar-refractivity contribution in [2.45, 2.75) is 39.1 Å². The lowest BCUT2D eigenvalue weighted by molar-refractivity contribution is -0.113. The Hall–Kier alpha value is -2.32. The maximum atomic E-state index is 12.3. The molecule has 0 aliphatic rings. The van der Waals surface area contributed by atoms with Crippen LogP contribution in [0, 0.1) is 13.8 Å². The van der Waals surface area contributed by atoms with E-state index in [1.807, 2.05) is 67.8 Å². The minimum atomic E-state index is -0.0835. The van der Waals surface area contributed by atoms with Crippen molar-refractivity contribution in [3.8, 4) is 5.75 Å². The van der Waals surface area contributed by atoms with Gasteiger partial charge in [0, 0.05) is 16.7 Å². The molecule has 3 aromatic rings. The molecule has 2 aromatic carbocycles. The van der Waals surface area contributed by atoms with E-state index in [1.165, 1.54) is 17.3 Å². The molecule has 0 unspecified atom stereocenters. The number of hydrogen-bond donors (Lipinski definition) is 1. The minimum absolute atomic E-state index is 0.0835. The summed E-state index contributed by atoms with van der Waals surface area (Å²) in [6, 6.07) is 13.6. The van der Waals surface area contributed by atoms with E-state index >= 15 is 0 Å². The smallest absolute Gasteiger partial charge is 0.234 e. The van der Waals surface area contributed by atoms with Gasteiger partial charge in [-0.2, -0.15) is 0 Å². The van der Waals surface area contributed by atoms with Gasteiger partial charge in [0.1, 0.15) is 12.4 Å². The van der Waals surface area contributed by atoms with Crippen LogP contribution < -0.4 is 10.1 Å². The Kier molecular flexibility index (Phi) is 7.33. The summed E-state index contributed by atoms with van der Waals surface area (Å²) in [6.45, 7) is 7.07. The molecular formula is C21H23BrN4O2S. The summed E-state index contributed by atoms with van der Waals surface area (Å²) in [7, 11) is 0. The third-order valence-corrected chi connectivity index (χ3v) is 6.13. The van der Waals surface area contributed by atoms with Crippen LogP contribution in [-0.4, -0.2) is 26.4 Å². The molecule has 0 atom stereocenters. The molecule has 0 aliphatic heterocycles. The number of nitrogens with zero attached hydrogens (tertiary/aromatic N) is 3. The van der Waals surface area contributed by atoms with Crippen LogP contribution in [0.2, 0.25) is 0 Å². The molecule has 29 heavy (non-hydrogen) atoms. The largest absolute Gasteiger partial charge is 0.486 e. The number of nitrogens with one attached hydrogen (secondary N) is 1. The maximum absolute atomic E-state index is 12.3. The zero-order valence-corrected chi connectivity index (χ0v) is 19.0. The number of carbonyl (C=O) groups is 1. The molecule has 0 fully saturated rings. The highest BCUT2D eigenvalue weighted by atomic mass is 79.9. The lowest BCUT2D eigenvalue weighted by atomic mass is 10.2. The molecule has 1 heterocycles. The summed E-state index contributed by atoms with van der Waals surface area (Å²) in [5.74, 6) is 1.70. The fourth-order valence-electron chi connectivity index (χ4n) is 2.68. The molecular weight excluding hydrogens is 452 g/mol. The molecule has 152 valence electrons. The van der Waals surface area contributed by atoms with Crippen molar-refractivity contribution >= 4 is 39.3 Å². The highest BCUT2D eigenvalue weighted by Crippen LogP contribution is 2.22. The van der Waals surface area contributed by atoms with Gasteiger partial charge in [-0.1, -0.05) is 45.4 Å². The van der Waals surface area contributed by atoms with Crippen LogP contribution in [0.25, 0.3) is 0 Å². The number of halogens is 1. The predicted molar refractivity (Wildman–Crippen MR) is 119 cm³/mol. The Labute approximate surface area is 183 Å². The number of aromatic nitrogens is 3. The van der Waals surface area contributed by atoms with Gasteiger partial charge in [0.2, 0.25) is 5.91 Å². The van der Waals surface area contributed by atoms with Crippen molar-refractivity contribution in [2.75, 3.05) is 11.1 Å². The second kappa shape index (κ2) is 9.93. The van der Waals surface area contributed by atoms with Crippen LogP contribution in [0.4, 0.5) is 5.69 Å². The van der Waals surface area contributed by atoms with E-state index in [9.17, 15) is 4.79 Å². The fraction of sp³-hybridized carbons (Fsp3) is 0.286. The van der Waals surface area contributed by atoms with Crippen LogP contribution in [-0.2, 0) is 17.9 Å². The quantitative estimate of drug-likeness (QED) is 0.465. The lowest BCUT2D eigenvalue weighted by Crippen LogP contribution is -2.15. The molecule has 0 spiro atoms. The van der Waals surface area contributed by atoms with Gasteiger partial charge >= 0.3 is 0 Å². The van der Waals surface area contributed by atoms with E-state index in [2.05, 4.69) is 31.4 Å². The normalized spacial score (nSPS) is 10.8. The standard InChI is InChI=1S/C21H23BrN4O2S/c1-4-26-19(12-28-17-8-5-14(2)6-9-17)24-25-21(26)29-13-20(27)23-16-7-10-18(22)15(3)11-16/h5-11H,4,12-13H2,1-3H3,(H,23,27). The third-order valence-electron chi connectivity index (χ3n) is 4.27. The highest BCUT2D eigenvalue weighted by Gasteiger charge is 2.14. The van der Waals surface area contributed by atoms with Gasteiger partial charge in [-0.3, -0.25) is 4.79 Å². The highest BCUT2D eigenvalue weighted by molar-refractivity contribution is 9.10. The summed E-state index contributed by atoms with van der Waals surface area (Å²) in [5, 5.41) is 12.1. The van der Waals surface area contributed by atoms with E-state index in [0.717, 1.165) is 27.3 Å². The van der Waals surface area contributed by atoms with Gasteiger partial charge in [0.15, 0.2) is 11.0 Å². The van der Waals surface area contributed by atoms with E-state index in [1.54, 1.807) is 0 Å². The summed E-state index contributed by atoms with van der Waals surface area (Å²) in [6.07, 6.45) is 0. The predicted octanol–water partition coefficient (Wildman–Crippen LogP) is 4.99. The number of aryl methyl sites for hydroxylation is 2. The number of carbonyl (C=O) groups excluding carboxylic acids is 1. The number of amides is 1. The van der Waals surface area contributed by atoms with Crippen molar-refractivity contribution in [1.82, 2.24) is 14.8 Å². The molecule has 1 aromatic heterocycles. The second-order valence-corrected chi connectivity index (χ2v) is 8.34. The molecule has 1 amide bonds. The zero-order chi connectivity index (χ0) is 20.8. The monoisotopic (exact) mass is 474 g/mol. The van der Waals surface area contributed by atoms with Crippen molar-refractivity contribution in [2.24, 2.45) is 0 Å². The molecule has 0 bridgehead atoms. The number of ether oxygens (including phenoxy) is 1. The van der Waals surface area contributed by atoms with E-state index < -0.39 is 0 Å². The first-order valence-corrected chi connectivity index (χ1v) is 11.0. The molecule has 6 nitrogen and oxygen atoms in total. The molecule has 1 N–H and O–H groups in total. The summed E-state index contributed by atoms with van der Waals surface area (Å²) in [5.41, 5.74) is 3.03. The molecule has 3 rings (SSSR count). The van der Waals surface area contributed by atoms with E-state index in [4.69, 9.17) is 4.74 Å². The number of anilines is 1. The number of rotatable bonds is 8. The first-order chi connectivity index (χ1) is 14.0. The van der Waals surface area contributed by atoms with Crippen molar-refractivity contribution in [3.05, 3.63) is 63.9 Å². The van der Waals surface area contributed by atoms with Crippen LogP contribution in [0.1, 0.15) is 23.9 Å². The molecule has 0 radical (unpaired) electrons. The van der Waals surface area contributed by atoms with Crippen molar-refractivity contribution in [1.29, 1.82) is 0 Å². The lowest BCUT2D eigenvalue weighted by Gasteiger charge is -2.09. The number of thioether (sulfide) groups is 1. The average molecular weight is 475 g/mol. The Morgan fingerprint density at radius 2 is 1.93 bits per heavy atom. The molecule has 0 aliphatic carbocycles. The van der Waals surface area contributed by atoms with Crippen molar-refractivity contribution in [3.63, 3.8) is 0 Å².